The molecule has 132 valence electrons. The van der Waals surface area contributed by atoms with E-state index in [-0.39, 0.29) is 12.1 Å². The van der Waals surface area contributed by atoms with Gasteiger partial charge < -0.3 is 15.1 Å². The number of hydrogen-bond donors (Lipinski definition) is 1. The number of rotatable bonds is 4. The summed E-state index contributed by atoms with van der Waals surface area (Å²) in [5.41, 5.74) is 2.25. The molecule has 5 nitrogen and oxygen atoms in total. The molecule has 0 bridgehead atoms. The Morgan fingerprint density at radius 1 is 1.20 bits per heavy atom. The summed E-state index contributed by atoms with van der Waals surface area (Å²) >= 11 is 0. The van der Waals surface area contributed by atoms with Gasteiger partial charge in [0.1, 0.15) is 0 Å². The number of urea groups is 1. The normalized spacial score (nSPS) is 16.3. The van der Waals surface area contributed by atoms with E-state index < -0.39 is 0 Å². The van der Waals surface area contributed by atoms with Crippen LogP contribution in [-0.2, 0) is 0 Å². The first-order valence-corrected chi connectivity index (χ1v) is 8.88. The molecule has 1 fully saturated rings. The number of carbonyl (C=O) groups is 1. The summed E-state index contributed by atoms with van der Waals surface area (Å²) in [6, 6.07) is 14.8. The predicted molar refractivity (Wildman–Crippen MR) is 101 cm³/mol. The first-order chi connectivity index (χ1) is 12.1. The Balaban J connectivity index is 1.51. The van der Waals surface area contributed by atoms with Crippen LogP contribution in [0.4, 0.5) is 10.5 Å². The van der Waals surface area contributed by atoms with E-state index in [2.05, 4.69) is 46.5 Å². The molecular weight excluding hydrogens is 312 g/mol. The third kappa shape index (κ3) is 4.29. The molecule has 1 N–H and O–H groups in total. The second-order valence-electron chi connectivity index (χ2n) is 6.62. The van der Waals surface area contributed by atoms with Crippen LogP contribution < -0.4 is 10.2 Å². The van der Waals surface area contributed by atoms with Gasteiger partial charge in [-0.25, -0.2) is 4.79 Å². The van der Waals surface area contributed by atoms with Crippen molar-refractivity contribution in [3.05, 3.63) is 60.4 Å². The molecule has 1 aliphatic rings. The second kappa shape index (κ2) is 8.01. The van der Waals surface area contributed by atoms with Gasteiger partial charge in [0, 0.05) is 44.3 Å². The van der Waals surface area contributed by atoms with E-state index in [0.29, 0.717) is 6.04 Å². The van der Waals surface area contributed by atoms with Gasteiger partial charge in [0.25, 0.3) is 0 Å². The van der Waals surface area contributed by atoms with Crippen LogP contribution in [0.2, 0.25) is 0 Å². The van der Waals surface area contributed by atoms with Gasteiger partial charge in [0.2, 0.25) is 0 Å². The molecule has 0 radical (unpaired) electrons. The summed E-state index contributed by atoms with van der Waals surface area (Å²) in [7, 11) is 2.14. The first kappa shape index (κ1) is 17.3. The molecule has 2 amide bonds. The summed E-state index contributed by atoms with van der Waals surface area (Å²) in [5.74, 6) is 0. The SMILES string of the molecule is C[C@H](NC(=O)N1CCC(N(C)c2ccccc2)CC1)c1cccnc1. The summed E-state index contributed by atoms with van der Waals surface area (Å²) in [6.07, 6.45) is 5.51. The minimum absolute atomic E-state index is 0.0113. The zero-order valence-corrected chi connectivity index (χ0v) is 14.9. The van der Waals surface area contributed by atoms with E-state index >= 15 is 0 Å². The molecule has 2 heterocycles. The van der Waals surface area contributed by atoms with Gasteiger partial charge >= 0.3 is 6.03 Å². The number of piperidine rings is 1. The van der Waals surface area contributed by atoms with Crippen molar-refractivity contribution in [2.45, 2.75) is 31.8 Å². The average molecular weight is 338 g/mol. The Kier molecular flexibility index (Phi) is 5.53. The molecular formula is C20H26N4O. The monoisotopic (exact) mass is 338 g/mol. The van der Waals surface area contributed by atoms with Crippen LogP contribution in [0.15, 0.2) is 54.9 Å². The lowest BCUT2D eigenvalue weighted by Gasteiger charge is -2.38. The van der Waals surface area contributed by atoms with Gasteiger partial charge in [-0.1, -0.05) is 24.3 Å². The van der Waals surface area contributed by atoms with Gasteiger partial charge in [0.05, 0.1) is 6.04 Å². The molecule has 1 aromatic heterocycles. The highest BCUT2D eigenvalue weighted by Gasteiger charge is 2.26. The van der Waals surface area contributed by atoms with E-state index in [0.717, 1.165) is 31.5 Å². The molecule has 0 saturated carbocycles. The number of nitrogens with zero attached hydrogens (tertiary/aromatic N) is 3. The molecule has 1 saturated heterocycles. The number of nitrogens with one attached hydrogen (secondary N) is 1. The van der Waals surface area contributed by atoms with E-state index in [4.69, 9.17) is 0 Å². The molecule has 0 aliphatic carbocycles. The van der Waals surface area contributed by atoms with Crippen molar-refractivity contribution >= 4 is 11.7 Å². The van der Waals surface area contributed by atoms with Crippen molar-refractivity contribution in [1.82, 2.24) is 15.2 Å². The highest BCUT2D eigenvalue weighted by Crippen LogP contribution is 2.22. The fourth-order valence-corrected chi connectivity index (χ4v) is 3.32. The highest BCUT2D eigenvalue weighted by molar-refractivity contribution is 5.74. The zero-order chi connectivity index (χ0) is 17.6. The Hall–Kier alpha value is -2.56. The standard InChI is InChI=1S/C20H26N4O/c1-16(17-7-6-12-21-15-17)22-20(25)24-13-10-19(11-14-24)23(2)18-8-4-3-5-9-18/h3-9,12,15-16,19H,10-11,13-14H2,1-2H3,(H,22,25)/t16-/m0/s1. The van der Waals surface area contributed by atoms with Gasteiger partial charge in [-0.05, 0) is 43.5 Å². The highest BCUT2D eigenvalue weighted by atomic mass is 16.2. The molecule has 1 atom stereocenters. The Bertz CT molecular complexity index is 669. The molecule has 1 aliphatic heterocycles. The number of para-hydroxylation sites is 1. The molecule has 3 rings (SSSR count). The van der Waals surface area contributed by atoms with Crippen molar-refractivity contribution in [2.24, 2.45) is 0 Å². The minimum Gasteiger partial charge on any atom is -0.371 e. The van der Waals surface area contributed by atoms with Crippen molar-refractivity contribution in [1.29, 1.82) is 0 Å². The number of amides is 2. The van der Waals surface area contributed by atoms with E-state index in [1.165, 1.54) is 5.69 Å². The minimum atomic E-state index is -0.0362. The largest absolute Gasteiger partial charge is 0.371 e. The van der Waals surface area contributed by atoms with Gasteiger partial charge in [0.15, 0.2) is 0 Å². The number of hydrogen-bond acceptors (Lipinski definition) is 3. The quantitative estimate of drug-likeness (QED) is 0.929. The molecule has 5 heteroatoms. The Morgan fingerprint density at radius 3 is 2.56 bits per heavy atom. The number of benzene rings is 1. The number of aromatic nitrogens is 1. The fourth-order valence-electron chi connectivity index (χ4n) is 3.32. The lowest BCUT2D eigenvalue weighted by atomic mass is 10.0. The lowest BCUT2D eigenvalue weighted by Crippen LogP contribution is -2.49. The topological polar surface area (TPSA) is 48.5 Å². The summed E-state index contributed by atoms with van der Waals surface area (Å²) in [6.45, 7) is 3.56. The van der Waals surface area contributed by atoms with E-state index in [1.807, 2.05) is 30.0 Å². The van der Waals surface area contributed by atoms with Crippen LogP contribution >= 0.6 is 0 Å². The van der Waals surface area contributed by atoms with Crippen LogP contribution in [0.1, 0.15) is 31.4 Å². The number of pyridine rings is 1. The van der Waals surface area contributed by atoms with Gasteiger partial charge in [-0.2, -0.15) is 0 Å². The molecule has 0 unspecified atom stereocenters. The van der Waals surface area contributed by atoms with Crippen molar-refractivity contribution in [2.75, 3.05) is 25.0 Å². The van der Waals surface area contributed by atoms with Crippen LogP contribution in [0.3, 0.4) is 0 Å². The van der Waals surface area contributed by atoms with Crippen molar-refractivity contribution in [3.63, 3.8) is 0 Å². The van der Waals surface area contributed by atoms with Crippen molar-refractivity contribution in [3.8, 4) is 0 Å². The zero-order valence-electron chi connectivity index (χ0n) is 14.9. The van der Waals surface area contributed by atoms with Crippen LogP contribution in [0.25, 0.3) is 0 Å². The average Bonchev–Trinajstić information content (AvgIpc) is 2.69. The van der Waals surface area contributed by atoms with Crippen LogP contribution in [0, 0.1) is 0 Å². The molecule has 0 spiro atoms. The number of carbonyl (C=O) groups excluding carboxylic acids is 1. The maximum atomic E-state index is 12.5. The maximum Gasteiger partial charge on any atom is 0.317 e. The number of anilines is 1. The Morgan fingerprint density at radius 2 is 1.92 bits per heavy atom. The summed E-state index contributed by atoms with van der Waals surface area (Å²) in [4.78, 5) is 20.9. The van der Waals surface area contributed by atoms with Crippen molar-refractivity contribution < 1.29 is 4.79 Å². The maximum absolute atomic E-state index is 12.5. The predicted octanol–water partition coefficient (Wildman–Crippen LogP) is 3.45. The fraction of sp³-hybridized carbons (Fsp3) is 0.400. The smallest absolute Gasteiger partial charge is 0.317 e. The molecule has 2 aromatic rings. The first-order valence-electron chi connectivity index (χ1n) is 8.88. The van der Waals surface area contributed by atoms with Crippen LogP contribution in [-0.4, -0.2) is 42.1 Å². The summed E-state index contributed by atoms with van der Waals surface area (Å²) < 4.78 is 0. The van der Waals surface area contributed by atoms with E-state index in [1.54, 1.807) is 12.4 Å². The van der Waals surface area contributed by atoms with E-state index in [9.17, 15) is 4.79 Å². The van der Waals surface area contributed by atoms with Gasteiger partial charge in [-0.15, -0.1) is 0 Å². The molecule has 1 aromatic carbocycles. The molecule has 25 heavy (non-hydrogen) atoms. The third-order valence-corrected chi connectivity index (χ3v) is 4.99. The third-order valence-electron chi connectivity index (χ3n) is 4.99. The van der Waals surface area contributed by atoms with Crippen LogP contribution in [0.5, 0.6) is 0 Å². The second-order valence-corrected chi connectivity index (χ2v) is 6.62. The van der Waals surface area contributed by atoms with Gasteiger partial charge in [-0.3, -0.25) is 4.98 Å². The number of likely N-dealkylation sites (tertiary alicyclic amines) is 1. The Labute approximate surface area is 149 Å². The lowest BCUT2D eigenvalue weighted by molar-refractivity contribution is 0.178. The summed E-state index contributed by atoms with van der Waals surface area (Å²) in [5, 5.41) is 3.08.